The first-order valence-electron chi connectivity index (χ1n) is 11.3. The molecule has 1 aliphatic heterocycles. The molecular formula is C24H30O5. The molecule has 1 saturated heterocycles. The van der Waals surface area contributed by atoms with Crippen molar-refractivity contribution >= 4 is 5.78 Å². The van der Waals surface area contributed by atoms with Crippen LogP contribution in [0.4, 0.5) is 0 Å². The SMILES string of the molecule is C[C@]12CCC(=O)C[C@@H]1CC[C@@H]1[C@@H]2CC[C@]2(C)[C@@H](c3ccc(=O)oc3)[C@@H](O)[C@H]3O[C@]132. The highest BCUT2D eigenvalue weighted by molar-refractivity contribution is 5.79. The first-order chi connectivity index (χ1) is 13.8. The molecule has 29 heavy (non-hydrogen) atoms. The van der Waals surface area contributed by atoms with Gasteiger partial charge < -0.3 is 14.3 Å². The number of epoxide rings is 1. The number of carbonyl (C=O) groups excluding carboxylic acids is 1. The highest BCUT2D eigenvalue weighted by atomic mass is 16.6. The number of ketones is 1. The Labute approximate surface area is 170 Å². The van der Waals surface area contributed by atoms with Crippen LogP contribution in [0.5, 0.6) is 0 Å². The van der Waals surface area contributed by atoms with Crippen LogP contribution in [0.3, 0.4) is 0 Å². The monoisotopic (exact) mass is 398 g/mol. The summed E-state index contributed by atoms with van der Waals surface area (Å²) in [6, 6.07) is 3.28. The molecule has 1 N–H and O–H groups in total. The van der Waals surface area contributed by atoms with Gasteiger partial charge in [-0.1, -0.05) is 13.8 Å². The van der Waals surface area contributed by atoms with Gasteiger partial charge in [-0.05, 0) is 66.9 Å². The molecule has 5 heteroatoms. The van der Waals surface area contributed by atoms with Crippen molar-refractivity contribution in [1.82, 2.24) is 0 Å². The maximum atomic E-state index is 12.1. The summed E-state index contributed by atoms with van der Waals surface area (Å²) in [5, 5.41) is 11.2. The molecule has 5 fully saturated rings. The van der Waals surface area contributed by atoms with Gasteiger partial charge in [0.05, 0.1) is 12.4 Å². The van der Waals surface area contributed by atoms with E-state index in [-0.39, 0.29) is 34.1 Å². The maximum Gasteiger partial charge on any atom is 0.335 e. The molecule has 0 unspecified atom stereocenters. The normalized spacial score (nSPS) is 52.9. The lowest BCUT2D eigenvalue weighted by Crippen LogP contribution is -2.58. The number of ether oxygens (including phenoxy) is 1. The van der Waals surface area contributed by atoms with E-state index in [0.717, 1.165) is 50.5 Å². The standard InChI is InChI=1S/C24H30O5/c1-22-9-7-15(25)11-14(22)4-5-17-16(22)8-10-23(2)19(13-3-6-18(26)28-12-13)20(27)21-24(17,23)29-21/h3,6,12,14,16-17,19-21,27H,4-5,7-11H2,1-2H3/t14-,16-,17+,19-,20+,21+,22-,23+,24+/m0/s1. The Morgan fingerprint density at radius 2 is 1.90 bits per heavy atom. The molecule has 1 spiro atoms. The fourth-order valence-corrected chi connectivity index (χ4v) is 8.62. The summed E-state index contributed by atoms with van der Waals surface area (Å²) in [6.45, 7) is 4.71. The molecule has 4 saturated carbocycles. The smallest absolute Gasteiger partial charge is 0.335 e. The number of fused-ring (bicyclic) bond motifs is 3. The third-order valence-corrected chi connectivity index (χ3v) is 10.0. The highest BCUT2D eigenvalue weighted by Crippen LogP contribution is 2.77. The van der Waals surface area contributed by atoms with Gasteiger partial charge >= 0.3 is 5.63 Å². The Morgan fingerprint density at radius 1 is 1.07 bits per heavy atom. The molecule has 1 aromatic heterocycles. The first kappa shape index (κ1) is 18.3. The minimum absolute atomic E-state index is 0.0648. The zero-order valence-corrected chi connectivity index (χ0v) is 17.2. The third-order valence-electron chi connectivity index (χ3n) is 10.0. The van der Waals surface area contributed by atoms with Crippen LogP contribution in [-0.2, 0) is 9.53 Å². The van der Waals surface area contributed by atoms with Gasteiger partial charge in [0.25, 0.3) is 0 Å². The summed E-state index contributed by atoms with van der Waals surface area (Å²) < 4.78 is 11.6. The fourth-order valence-electron chi connectivity index (χ4n) is 8.62. The van der Waals surface area contributed by atoms with Crippen molar-refractivity contribution in [3.8, 4) is 0 Å². The van der Waals surface area contributed by atoms with E-state index in [0.29, 0.717) is 23.5 Å². The number of rotatable bonds is 1. The van der Waals surface area contributed by atoms with Gasteiger partial charge in [-0.25, -0.2) is 4.79 Å². The van der Waals surface area contributed by atoms with Gasteiger partial charge in [-0.15, -0.1) is 0 Å². The quantitative estimate of drug-likeness (QED) is 0.733. The van der Waals surface area contributed by atoms with E-state index in [1.165, 1.54) is 12.3 Å². The average molecular weight is 398 g/mol. The molecule has 2 heterocycles. The van der Waals surface area contributed by atoms with E-state index in [2.05, 4.69) is 13.8 Å². The fraction of sp³-hybridized carbons (Fsp3) is 0.750. The molecule has 1 aromatic rings. The predicted octanol–water partition coefficient (Wildman–Crippen LogP) is 3.44. The molecule has 156 valence electrons. The predicted molar refractivity (Wildman–Crippen MR) is 105 cm³/mol. The van der Waals surface area contributed by atoms with Crippen LogP contribution in [0.2, 0.25) is 0 Å². The largest absolute Gasteiger partial charge is 0.431 e. The van der Waals surface area contributed by atoms with Crippen molar-refractivity contribution < 1.29 is 19.1 Å². The summed E-state index contributed by atoms with van der Waals surface area (Å²) >= 11 is 0. The third kappa shape index (κ3) is 2.09. The molecule has 4 aliphatic carbocycles. The van der Waals surface area contributed by atoms with Gasteiger partial charge in [0.1, 0.15) is 17.5 Å². The lowest BCUT2D eigenvalue weighted by atomic mass is 9.44. The summed E-state index contributed by atoms with van der Waals surface area (Å²) in [4.78, 5) is 23.6. The van der Waals surface area contributed by atoms with Crippen molar-refractivity contribution in [3.63, 3.8) is 0 Å². The van der Waals surface area contributed by atoms with Gasteiger partial charge in [0.2, 0.25) is 0 Å². The molecule has 0 radical (unpaired) electrons. The number of hydrogen-bond donors (Lipinski definition) is 1. The van der Waals surface area contributed by atoms with E-state index >= 15 is 0 Å². The van der Waals surface area contributed by atoms with Crippen LogP contribution in [0.1, 0.15) is 70.3 Å². The maximum absolute atomic E-state index is 12.1. The Hall–Kier alpha value is -1.46. The minimum atomic E-state index is -0.565. The topological polar surface area (TPSA) is 80.0 Å². The molecule has 5 nitrogen and oxygen atoms in total. The van der Waals surface area contributed by atoms with Crippen LogP contribution in [0.15, 0.2) is 27.6 Å². The van der Waals surface area contributed by atoms with E-state index in [9.17, 15) is 14.7 Å². The Balaban J connectivity index is 1.39. The van der Waals surface area contributed by atoms with Crippen molar-refractivity contribution in [1.29, 1.82) is 0 Å². The van der Waals surface area contributed by atoms with Gasteiger partial charge in [-0.2, -0.15) is 0 Å². The van der Waals surface area contributed by atoms with Crippen LogP contribution in [0, 0.1) is 28.6 Å². The molecule has 0 aromatic carbocycles. The number of Topliss-reactive ketones (excluding diaryl/α,β-unsaturated/α-hetero) is 1. The van der Waals surface area contributed by atoms with Gasteiger partial charge in [0.15, 0.2) is 0 Å². The van der Waals surface area contributed by atoms with E-state index in [1.807, 2.05) is 6.07 Å². The number of hydrogen-bond acceptors (Lipinski definition) is 5. The van der Waals surface area contributed by atoms with Gasteiger partial charge in [0, 0.05) is 30.2 Å². The van der Waals surface area contributed by atoms with Crippen molar-refractivity contribution in [2.45, 2.75) is 82.5 Å². The van der Waals surface area contributed by atoms with E-state index in [4.69, 9.17) is 9.15 Å². The van der Waals surface area contributed by atoms with Crippen LogP contribution < -0.4 is 5.63 Å². The second-order valence-corrected chi connectivity index (χ2v) is 10.9. The molecule has 6 rings (SSSR count). The summed E-state index contributed by atoms with van der Waals surface area (Å²) in [6.07, 6.45) is 7.64. The lowest BCUT2D eigenvalue weighted by Gasteiger charge is -2.60. The van der Waals surface area contributed by atoms with E-state index < -0.39 is 6.10 Å². The molecular weight excluding hydrogens is 368 g/mol. The molecule has 9 atom stereocenters. The lowest BCUT2D eigenvalue weighted by molar-refractivity contribution is -0.146. The molecule has 5 aliphatic rings. The number of aliphatic hydroxyl groups is 1. The molecule has 0 amide bonds. The minimum Gasteiger partial charge on any atom is -0.431 e. The van der Waals surface area contributed by atoms with E-state index in [1.54, 1.807) is 0 Å². The van der Waals surface area contributed by atoms with Gasteiger partial charge in [-0.3, -0.25) is 4.79 Å². The van der Waals surface area contributed by atoms with Crippen LogP contribution in [-0.4, -0.2) is 28.7 Å². The Bertz CT molecular complexity index is 917. The van der Waals surface area contributed by atoms with Crippen LogP contribution >= 0.6 is 0 Å². The first-order valence-corrected chi connectivity index (χ1v) is 11.3. The van der Waals surface area contributed by atoms with Crippen molar-refractivity contribution in [2.24, 2.45) is 28.6 Å². The Morgan fingerprint density at radius 3 is 2.66 bits per heavy atom. The summed E-state index contributed by atoms with van der Waals surface area (Å²) in [5.74, 6) is 1.88. The zero-order valence-electron chi connectivity index (χ0n) is 17.2. The zero-order chi connectivity index (χ0) is 20.2. The number of carbonyl (C=O) groups is 1. The average Bonchev–Trinajstić information content (AvgIpc) is 3.40. The number of aliphatic hydroxyl groups excluding tert-OH is 1. The second kappa shape index (κ2) is 5.61. The second-order valence-electron chi connectivity index (χ2n) is 10.9. The van der Waals surface area contributed by atoms with Crippen molar-refractivity contribution in [3.05, 3.63) is 34.4 Å². The molecule has 0 bridgehead atoms. The Kier molecular flexibility index (Phi) is 3.55. The highest BCUT2D eigenvalue weighted by Gasteiger charge is 2.83. The van der Waals surface area contributed by atoms with Crippen LogP contribution in [0.25, 0.3) is 0 Å². The summed E-state index contributed by atoms with van der Waals surface area (Å²) in [5.41, 5.74) is 0.337. The van der Waals surface area contributed by atoms with Crippen molar-refractivity contribution in [2.75, 3.05) is 0 Å². The summed E-state index contributed by atoms with van der Waals surface area (Å²) in [7, 11) is 0.